The summed E-state index contributed by atoms with van der Waals surface area (Å²) in [5.74, 6) is -1.04. The molecule has 3 unspecified atom stereocenters. The lowest BCUT2D eigenvalue weighted by atomic mass is 10.1. The maximum Gasteiger partial charge on any atom is 0.321 e. The second kappa shape index (κ2) is 5.99. The highest BCUT2D eigenvalue weighted by molar-refractivity contribution is 7.90. The van der Waals surface area contributed by atoms with E-state index in [0.29, 0.717) is 13.0 Å². The van der Waals surface area contributed by atoms with Crippen LogP contribution < -0.4 is 4.72 Å². The minimum Gasteiger partial charge on any atom is -0.480 e. The smallest absolute Gasteiger partial charge is 0.321 e. The van der Waals surface area contributed by atoms with Gasteiger partial charge in [0.1, 0.15) is 11.3 Å². The summed E-state index contributed by atoms with van der Waals surface area (Å²) in [7, 11) is -3.65. The maximum absolute atomic E-state index is 12.1. The third-order valence-corrected chi connectivity index (χ3v) is 5.05. The number of nitrogens with one attached hydrogen (secondary N) is 1. The lowest BCUT2D eigenvalue weighted by Gasteiger charge is -2.21. The van der Waals surface area contributed by atoms with Crippen LogP contribution in [0.4, 0.5) is 0 Å². The molecular weight excluding hydrogens is 258 g/mol. The maximum atomic E-state index is 12.1. The highest BCUT2D eigenvalue weighted by atomic mass is 32.2. The molecular formula is C11H21NO5S. The van der Waals surface area contributed by atoms with Crippen LogP contribution in [0.3, 0.4) is 0 Å². The number of ether oxygens (including phenoxy) is 1. The van der Waals surface area contributed by atoms with Crippen molar-refractivity contribution in [1.82, 2.24) is 4.72 Å². The first kappa shape index (κ1) is 15.4. The van der Waals surface area contributed by atoms with Gasteiger partial charge in [-0.15, -0.1) is 0 Å². The zero-order chi connectivity index (χ0) is 13.9. The molecule has 0 saturated carbocycles. The Morgan fingerprint density at radius 1 is 1.50 bits per heavy atom. The number of carboxylic acid groups (broad SMARTS) is 1. The molecule has 7 heteroatoms. The summed E-state index contributed by atoms with van der Waals surface area (Å²) in [6, 6.07) is -1.07. The van der Waals surface area contributed by atoms with E-state index in [1.54, 1.807) is 6.92 Å². The Bertz CT molecular complexity index is 392. The van der Waals surface area contributed by atoms with E-state index in [1.807, 2.05) is 13.8 Å². The highest BCUT2D eigenvalue weighted by Gasteiger charge is 2.38. The molecule has 1 fully saturated rings. The van der Waals surface area contributed by atoms with Gasteiger partial charge in [-0.25, -0.2) is 13.1 Å². The van der Waals surface area contributed by atoms with Gasteiger partial charge in [0.25, 0.3) is 0 Å². The molecule has 0 aromatic carbocycles. The highest BCUT2D eigenvalue weighted by Crippen LogP contribution is 2.21. The van der Waals surface area contributed by atoms with E-state index in [2.05, 4.69) is 4.72 Å². The summed E-state index contributed by atoms with van der Waals surface area (Å²) in [6.07, 6.45) is 0.289. The second-order valence-electron chi connectivity index (χ2n) is 5.09. The third kappa shape index (κ3) is 3.93. The van der Waals surface area contributed by atoms with Crippen LogP contribution in [0, 0.1) is 5.92 Å². The molecule has 0 radical (unpaired) electrons. The van der Waals surface area contributed by atoms with Gasteiger partial charge >= 0.3 is 5.97 Å². The molecule has 1 heterocycles. The molecule has 1 rings (SSSR count). The van der Waals surface area contributed by atoms with Crippen LogP contribution >= 0.6 is 0 Å². The number of aliphatic carboxylic acids is 1. The van der Waals surface area contributed by atoms with Gasteiger partial charge in [0.2, 0.25) is 10.0 Å². The van der Waals surface area contributed by atoms with Crippen LogP contribution in [0.2, 0.25) is 0 Å². The van der Waals surface area contributed by atoms with Crippen molar-refractivity contribution in [2.24, 2.45) is 5.92 Å². The first-order chi connectivity index (χ1) is 8.24. The van der Waals surface area contributed by atoms with E-state index in [-0.39, 0.29) is 12.3 Å². The molecule has 0 spiro atoms. The number of rotatable bonds is 6. The van der Waals surface area contributed by atoms with Gasteiger partial charge in [0.15, 0.2) is 0 Å². The molecule has 1 aliphatic heterocycles. The van der Waals surface area contributed by atoms with Crippen molar-refractivity contribution in [2.75, 3.05) is 6.61 Å². The van der Waals surface area contributed by atoms with Crippen molar-refractivity contribution in [2.45, 2.75) is 51.0 Å². The molecule has 0 bridgehead atoms. The summed E-state index contributed by atoms with van der Waals surface area (Å²) in [4.78, 5) is 11.1. The predicted octanol–water partition coefficient (Wildman–Crippen LogP) is 0.583. The zero-order valence-corrected chi connectivity index (χ0v) is 11.7. The fourth-order valence-electron chi connectivity index (χ4n) is 2.08. The van der Waals surface area contributed by atoms with E-state index in [1.165, 1.54) is 0 Å². The van der Waals surface area contributed by atoms with E-state index in [4.69, 9.17) is 9.84 Å². The Morgan fingerprint density at radius 3 is 2.50 bits per heavy atom. The number of hydrogen-bond donors (Lipinski definition) is 2. The van der Waals surface area contributed by atoms with Crippen molar-refractivity contribution in [1.29, 1.82) is 0 Å². The average molecular weight is 279 g/mol. The van der Waals surface area contributed by atoms with Crippen LogP contribution in [-0.4, -0.2) is 43.5 Å². The fourth-order valence-corrected chi connectivity index (χ4v) is 3.83. The van der Waals surface area contributed by atoms with Crippen LogP contribution in [0.25, 0.3) is 0 Å². The molecule has 0 aromatic rings. The van der Waals surface area contributed by atoms with E-state index in [0.717, 1.165) is 0 Å². The summed E-state index contributed by atoms with van der Waals surface area (Å²) < 4.78 is 31.7. The SMILES string of the molecule is CC(C)CC(NS(=O)(=O)C1CCOC1C)C(=O)O. The van der Waals surface area contributed by atoms with Crippen molar-refractivity contribution in [3.63, 3.8) is 0 Å². The van der Waals surface area contributed by atoms with Gasteiger partial charge < -0.3 is 9.84 Å². The van der Waals surface area contributed by atoms with Crippen molar-refractivity contribution < 1.29 is 23.1 Å². The fraction of sp³-hybridized carbons (Fsp3) is 0.909. The Morgan fingerprint density at radius 2 is 2.11 bits per heavy atom. The first-order valence-corrected chi connectivity index (χ1v) is 7.64. The lowest BCUT2D eigenvalue weighted by Crippen LogP contribution is -2.47. The van der Waals surface area contributed by atoms with E-state index < -0.39 is 33.4 Å². The van der Waals surface area contributed by atoms with Gasteiger partial charge in [-0.3, -0.25) is 4.79 Å². The topological polar surface area (TPSA) is 92.7 Å². The molecule has 106 valence electrons. The molecule has 3 atom stereocenters. The molecule has 6 nitrogen and oxygen atoms in total. The second-order valence-corrected chi connectivity index (χ2v) is 7.02. The predicted molar refractivity (Wildman–Crippen MR) is 66.8 cm³/mol. The van der Waals surface area contributed by atoms with Crippen LogP contribution in [-0.2, 0) is 19.6 Å². The number of carbonyl (C=O) groups is 1. The Labute approximate surface area is 108 Å². The third-order valence-electron chi connectivity index (χ3n) is 3.02. The van der Waals surface area contributed by atoms with Crippen molar-refractivity contribution in [3.05, 3.63) is 0 Å². The Hall–Kier alpha value is -0.660. The normalized spacial score (nSPS) is 26.4. The first-order valence-electron chi connectivity index (χ1n) is 6.09. The van der Waals surface area contributed by atoms with Gasteiger partial charge in [-0.1, -0.05) is 13.8 Å². The summed E-state index contributed by atoms with van der Waals surface area (Å²) >= 11 is 0. The summed E-state index contributed by atoms with van der Waals surface area (Å²) in [5.41, 5.74) is 0. The van der Waals surface area contributed by atoms with Gasteiger partial charge in [0.05, 0.1) is 6.10 Å². The van der Waals surface area contributed by atoms with E-state index >= 15 is 0 Å². The van der Waals surface area contributed by atoms with Crippen molar-refractivity contribution in [3.8, 4) is 0 Å². The minimum atomic E-state index is -3.65. The monoisotopic (exact) mass is 279 g/mol. The number of carboxylic acids is 1. The lowest BCUT2D eigenvalue weighted by molar-refractivity contribution is -0.139. The van der Waals surface area contributed by atoms with Gasteiger partial charge in [0, 0.05) is 6.61 Å². The molecule has 0 amide bonds. The van der Waals surface area contributed by atoms with Crippen LogP contribution in [0.1, 0.15) is 33.6 Å². The number of hydrogen-bond acceptors (Lipinski definition) is 4. The Kier molecular flexibility index (Phi) is 5.12. The van der Waals surface area contributed by atoms with Crippen LogP contribution in [0.15, 0.2) is 0 Å². The molecule has 0 aromatic heterocycles. The largest absolute Gasteiger partial charge is 0.480 e. The molecule has 18 heavy (non-hydrogen) atoms. The van der Waals surface area contributed by atoms with Crippen LogP contribution in [0.5, 0.6) is 0 Å². The molecule has 1 aliphatic rings. The standard InChI is InChI=1S/C11H21NO5S/c1-7(2)6-9(11(13)14)12-18(15,16)10-4-5-17-8(10)3/h7-10,12H,4-6H2,1-3H3,(H,13,14). The van der Waals surface area contributed by atoms with Gasteiger partial charge in [-0.2, -0.15) is 0 Å². The minimum absolute atomic E-state index is 0.103. The molecule has 1 saturated heterocycles. The van der Waals surface area contributed by atoms with E-state index in [9.17, 15) is 13.2 Å². The molecule has 2 N–H and O–H groups in total. The summed E-state index contributed by atoms with van der Waals surface area (Å²) in [5, 5.41) is 8.38. The quantitative estimate of drug-likeness (QED) is 0.742. The zero-order valence-electron chi connectivity index (χ0n) is 10.9. The van der Waals surface area contributed by atoms with Crippen molar-refractivity contribution >= 4 is 16.0 Å². The molecule has 0 aliphatic carbocycles. The van der Waals surface area contributed by atoms with Gasteiger partial charge in [-0.05, 0) is 25.7 Å². The average Bonchev–Trinajstić information content (AvgIpc) is 2.62. The number of sulfonamides is 1. The Balaban J connectivity index is 2.76. The summed E-state index contributed by atoms with van der Waals surface area (Å²) in [6.45, 7) is 5.79.